The molecule has 1 aliphatic heterocycles. The third-order valence-corrected chi connectivity index (χ3v) is 6.83. The molecule has 0 aliphatic carbocycles. The summed E-state index contributed by atoms with van der Waals surface area (Å²) in [6, 6.07) is 9.90. The molecule has 28 heavy (non-hydrogen) atoms. The smallest absolute Gasteiger partial charge is 0.215 e. The number of sulfonamides is 1. The van der Waals surface area contributed by atoms with Gasteiger partial charge in [-0.25, -0.2) is 12.7 Å². The molecular formula is C20H34N4O3S. The Morgan fingerprint density at radius 2 is 1.82 bits per heavy atom. The number of hydrogen-bond donors (Lipinski definition) is 1. The van der Waals surface area contributed by atoms with E-state index < -0.39 is 10.0 Å². The molecule has 1 aromatic rings. The minimum atomic E-state index is -3.25. The predicted octanol–water partition coefficient (Wildman–Crippen LogP) is 2.17. The van der Waals surface area contributed by atoms with Gasteiger partial charge in [0.1, 0.15) is 11.9 Å². The van der Waals surface area contributed by atoms with E-state index >= 15 is 0 Å². The largest absolute Gasteiger partial charge is 0.490 e. The van der Waals surface area contributed by atoms with Crippen molar-refractivity contribution in [1.82, 2.24) is 14.5 Å². The van der Waals surface area contributed by atoms with E-state index in [1.165, 1.54) is 4.31 Å². The molecule has 0 spiro atoms. The molecule has 1 N–H and O–H groups in total. The van der Waals surface area contributed by atoms with Crippen LogP contribution in [0.2, 0.25) is 0 Å². The first-order valence-electron chi connectivity index (χ1n) is 10.2. The van der Waals surface area contributed by atoms with Crippen LogP contribution in [-0.2, 0) is 10.0 Å². The molecule has 0 radical (unpaired) electrons. The predicted molar refractivity (Wildman–Crippen MR) is 114 cm³/mol. The average Bonchev–Trinajstić information content (AvgIpc) is 2.69. The number of para-hydroxylation sites is 1. The number of piperidine rings is 1. The summed E-state index contributed by atoms with van der Waals surface area (Å²) in [4.78, 5) is 6.76. The van der Waals surface area contributed by atoms with Crippen molar-refractivity contribution in [2.45, 2.75) is 39.7 Å². The van der Waals surface area contributed by atoms with Crippen molar-refractivity contribution in [1.29, 1.82) is 0 Å². The average molecular weight is 411 g/mol. The van der Waals surface area contributed by atoms with Crippen LogP contribution in [0, 0.1) is 0 Å². The third-order valence-electron chi connectivity index (χ3n) is 4.83. The first kappa shape index (κ1) is 22.5. The van der Waals surface area contributed by atoms with Crippen LogP contribution in [0.1, 0.15) is 33.6 Å². The molecule has 2 rings (SSSR count). The zero-order valence-electron chi connectivity index (χ0n) is 17.3. The van der Waals surface area contributed by atoms with Crippen LogP contribution in [0.4, 0.5) is 0 Å². The second-order valence-electron chi connectivity index (χ2n) is 6.75. The molecular weight excluding hydrogens is 376 g/mol. The quantitative estimate of drug-likeness (QED) is 0.499. The number of guanidine groups is 1. The molecule has 1 saturated heterocycles. The number of nitrogens with one attached hydrogen (secondary N) is 1. The van der Waals surface area contributed by atoms with Crippen molar-refractivity contribution in [3.63, 3.8) is 0 Å². The normalized spacial score (nSPS) is 16.4. The van der Waals surface area contributed by atoms with E-state index in [-0.39, 0.29) is 18.4 Å². The Kier molecular flexibility index (Phi) is 9.05. The maximum atomic E-state index is 12.3. The maximum Gasteiger partial charge on any atom is 0.215 e. The van der Waals surface area contributed by atoms with Crippen LogP contribution >= 0.6 is 0 Å². The van der Waals surface area contributed by atoms with Gasteiger partial charge in [-0.15, -0.1) is 0 Å². The zero-order chi connectivity index (χ0) is 20.4. The van der Waals surface area contributed by atoms with Gasteiger partial charge in [-0.05, 0) is 19.1 Å². The van der Waals surface area contributed by atoms with Gasteiger partial charge in [0.15, 0.2) is 5.96 Å². The van der Waals surface area contributed by atoms with Gasteiger partial charge in [0.25, 0.3) is 0 Å². The number of ether oxygens (including phenoxy) is 1. The van der Waals surface area contributed by atoms with Crippen LogP contribution in [0.5, 0.6) is 5.75 Å². The van der Waals surface area contributed by atoms with Gasteiger partial charge in [0.2, 0.25) is 10.0 Å². The molecule has 1 heterocycles. The molecule has 1 fully saturated rings. The standard InChI is InChI=1S/C20H34N4O3S/c1-4-21-20(22-14-17-28(25,26)24(5-2)6-3)23-15-12-19(13-16-23)27-18-10-8-7-9-11-18/h7-11,19H,4-6,12-17H2,1-3H3,(H,21,22). The number of benzene rings is 1. The lowest BCUT2D eigenvalue weighted by molar-refractivity contribution is 0.129. The van der Waals surface area contributed by atoms with E-state index in [1.807, 2.05) is 51.1 Å². The minimum absolute atomic E-state index is 0.0388. The van der Waals surface area contributed by atoms with E-state index in [2.05, 4.69) is 15.2 Å². The summed E-state index contributed by atoms with van der Waals surface area (Å²) in [5.74, 6) is 1.73. The van der Waals surface area contributed by atoms with Crippen molar-refractivity contribution in [2.75, 3.05) is 45.0 Å². The van der Waals surface area contributed by atoms with Crippen LogP contribution in [0.15, 0.2) is 35.3 Å². The van der Waals surface area contributed by atoms with Gasteiger partial charge in [-0.2, -0.15) is 0 Å². The fourth-order valence-electron chi connectivity index (χ4n) is 3.32. The van der Waals surface area contributed by atoms with E-state index in [0.717, 1.165) is 44.2 Å². The fourth-order valence-corrected chi connectivity index (χ4v) is 4.68. The Labute approximate surface area is 169 Å². The van der Waals surface area contributed by atoms with E-state index in [0.29, 0.717) is 13.1 Å². The Balaban J connectivity index is 1.89. The first-order valence-corrected chi connectivity index (χ1v) is 11.8. The molecule has 8 heteroatoms. The van der Waals surface area contributed by atoms with Crippen LogP contribution in [0.3, 0.4) is 0 Å². The number of hydrogen-bond acceptors (Lipinski definition) is 4. The lowest BCUT2D eigenvalue weighted by Crippen LogP contribution is -2.47. The Morgan fingerprint density at radius 1 is 1.18 bits per heavy atom. The summed E-state index contributed by atoms with van der Waals surface area (Å²) in [5.41, 5.74) is 0. The molecule has 0 aromatic heterocycles. The lowest BCUT2D eigenvalue weighted by Gasteiger charge is -2.34. The van der Waals surface area contributed by atoms with Crippen molar-refractivity contribution in [3.05, 3.63) is 30.3 Å². The summed E-state index contributed by atoms with van der Waals surface area (Å²) in [7, 11) is -3.25. The molecule has 1 aromatic carbocycles. The molecule has 1 aliphatic rings. The van der Waals surface area contributed by atoms with Crippen molar-refractivity contribution >= 4 is 16.0 Å². The van der Waals surface area contributed by atoms with Gasteiger partial charge >= 0.3 is 0 Å². The SMILES string of the molecule is CCNC(=NCCS(=O)(=O)N(CC)CC)N1CCC(Oc2ccccc2)CC1. The molecule has 158 valence electrons. The Morgan fingerprint density at radius 3 is 2.39 bits per heavy atom. The number of rotatable bonds is 9. The highest BCUT2D eigenvalue weighted by molar-refractivity contribution is 7.89. The van der Waals surface area contributed by atoms with Crippen LogP contribution in [-0.4, -0.2) is 74.7 Å². The fraction of sp³-hybridized carbons (Fsp3) is 0.650. The van der Waals surface area contributed by atoms with Crippen molar-refractivity contribution in [3.8, 4) is 5.75 Å². The van der Waals surface area contributed by atoms with E-state index in [1.54, 1.807) is 0 Å². The van der Waals surface area contributed by atoms with Gasteiger partial charge < -0.3 is 15.0 Å². The zero-order valence-corrected chi connectivity index (χ0v) is 18.1. The second kappa shape index (κ2) is 11.3. The summed E-state index contributed by atoms with van der Waals surface area (Å²) < 4.78 is 32.2. The van der Waals surface area contributed by atoms with E-state index in [4.69, 9.17) is 4.74 Å². The molecule has 7 nitrogen and oxygen atoms in total. The van der Waals surface area contributed by atoms with Gasteiger partial charge in [0, 0.05) is 45.6 Å². The minimum Gasteiger partial charge on any atom is -0.490 e. The molecule has 0 bridgehead atoms. The number of likely N-dealkylation sites (tertiary alicyclic amines) is 1. The number of nitrogens with zero attached hydrogens (tertiary/aromatic N) is 3. The van der Waals surface area contributed by atoms with Crippen molar-refractivity contribution < 1.29 is 13.2 Å². The Bertz CT molecular complexity index is 697. The van der Waals surface area contributed by atoms with Crippen LogP contribution in [0.25, 0.3) is 0 Å². The molecule has 0 saturated carbocycles. The molecule has 0 atom stereocenters. The topological polar surface area (TPSA) is 74.2 Å². The van der Waals surface area contributed by atoms with Gasteiger partial charge in [-0.3, -0.25) is 4.99 Å². The highest BCUT2D eigenvalue weighted by Crippen LogP contribution is 2.18. The first-order chi connectivity index (χ1) is 13.5. The summed E-state index contributed by atoms with van der Waals surface area (Å²) in [6.07, 6.45) is 2.03. The maximum absolute atomic E-state index is 12.3. The lowest BCUT2D eigenvalue weighted by atomic mass is 10.1. The van der Waals surface area contributed by atoms with E-state index in [9.17, 15) is 8.42 Å². The van der Waals surface area contributed by atoms with Crippen molar-refractivity contribution in [2.24, 2.45) is 4.99 Å². The number of aliphatic imine (C=N–C) groups is 1. The Hall–Kier alpha value is -1.80. The summed E-state index contributed by atoms with van der Waals surface area (Å²) >= 11 is 0. The van der Waals surface area contributed by atoms with Crippen LogP contribution < -0.4 is 10.1 Å². The second-order valence-corrected chi connectivity index (χ2v) is 8.84. The van der Waals surface area contributed by atoms with Gasteiger partial charge in [-0.1, -0.05) is 32.0 Å². The summed E-state index contributed by atoms with van der Waals surface area (Å²) in [5, 5.41) is 3.29. The molecule has 0 amide bonds. The monoisotopic (exact) mass is 410 g/mol. The third kappa shape index (κ3) is 6.67. The van der Waals surface area contributed by atoms with Gasteiger partial charge in [0.05, 0.1) is 12.3 Å². The molecule has 0 unspecified atom stereocenters. The highest BCUT2D eigenvalue weighted by Gasteiger charge is 2.23. The highest BCUT2D eigenvalue weighted by atomic mass is 32.2. The summed E-state index contributed by atoms with van der Waals surface area (Å²) in [6.45, 7) is 9.43.